The van der Waals surface area contributed by atoms with E-state index in [-0.39, 0.29) is 29.8 Å². The monoisotopic (exact) mass is 525 g/mol. The molecule has 1 aliphatic carbocycles. The molecule has 1 saturated carbocycles. The molecular formula is C29H39N3O4S. The van der Waals surface area contributed by atoms with Crippen molar-refractivity contribution in [2.75, 3.05) is 11.6 Å². The van der Waals surface area contributed by atoms with Crippen LogP contribution in [0.3, 0.4) is 0 Å². The smallest absolute Gasteiger partial charge is 0.246 e. The lowest BCUT2D eigenvalue weighted by Crippen LogP contribution is -2.59. The van der Waals surface area contributed by atoms with Gasteiger partial charge in [0.05, 0.1) is 17.9 Å². The summed E-state index contributed by atoms with van der Waals surface area (Å²) in [6.07, 6.45) is 9.13. The Hall–Kier alpha value is -2.32. The summed E-state index contributed by atoms with van der Waals surface area (Å²) in [7, 11) is 0. The molecule has 1 spiro atoms. The van der Waals surface area contributed by atoms with Crippen LogP contribution in [0.25, 0.3) is 0 Å². The summed E-state index contributed by atoms with van der Waals surface area (Å²) in [4.78, 5) is 44.3. The number of nitrogens with one attached hydrogen (secondary N) is 2. The van der Waals surface area contributed by atoms with E-state index in [1.165, 1.54) is 6.42 Å². The van der Waals surface area contributed by atoms with Crippen molar-refractivity contribution in [3.05, 3.63) is 36.4 Å². The van der Waals surface area contributed by atoms with Crippen LogP contribution < -0.4 is 10.6 Å². The van der Waals surface area contributed by atoms with Crippen molar-refractivity contribution < 1.29 is 19.1 Å². The number of ether oxygens (including phenoxy) is 1. The van der Waals surface area contributed by atoms with Gasteiger partial charge in [-0.1, -0.05) is 51.8 Å². The first kappa shape index (κ1) is 26.3. The normalized spacial score (nSPS) is 36.9. The molecule has 2 bridgehead atoms. The number of likely N-dealkylation sites (tertiary alicyclic amines) is 1. The third-order valence-electron chi connectivity index (χ3n) is 9.30. The van der Waals surface area contributed by atoms with Crippen molar-refractivity contribution in [1.29, 1.82) is 0 Å². The molecule has 5 rings (SSSR count). The van der Waals surface area contributed by atoms with Gasteiger partial charge in [-0.2, -0.15) is 0 Å². The Labute approximate surface area is 224 Å². The minimum absolute atomic E-state index is 0.0750. The molecule has 2 N–H and O–H groups in total. The Bertz CT molecular complexity index is 1110. The van der Waals surface area contributed by atoms with Gasteiger partial charge in [-0.25, -0.2) is 0 Å². The van der Waals surface area contributed by atoms with E-state index in [9.17, 15) is 14.4 Å². The minimum Gasteiger partial charge on any atom is -0.359 e. The molecule has 3 fully saturated rings. The summed E-state index contributed by atoms with van der Waals surface area (Å²) in [6, 6.07) is 6.80. The molecule has 37 heavy (non-hydrogen) atoms. The fraction of sp³-hybridized carbons (Fsp3) is 0.621. The third-order valence-corrected chi connectivity index (χ3v) is 10.0. The molecule has 8 heteroatoms. The summed E-state index contributed by atoms with van der Waals surface area (Å²) >= 11 is 1.60. The van der Waals surface area contributed by atoms with E-state index in [4.69, 9.17) is 4.74 Å². The van der Waals surface area contributed by atoms with Crippen LogP contribution >= 0.6 is 11.8 Å². The van der Waals surface area contributed by atoms with Crippen LogP contribution in [0.15, 0.2) is 41.3 Å². The molecule has 1 aromatic carbocycles. The quantitative estimate of drug-likeness (QED) is 0.411. The summed E-state index contributed by atoms with van der Waals surface area (Å²) in [5, 5.41) is 6.32. The van der Waals surface area contributed by atoms with E-state index in [0.717, 1.165) is 17.7 Å². The van der Waals surface area contributed by atoms with Crippen LogP contribution in [0.2, 0.25) is 0 Å². The van der Waals surface area contributed by atoms with Gasteiger partial charge in [0.1, 0.15) is 11.6 Å². The number of anilines is 1. The zero-order chi connectivity index (χ0) is 26.5. The predicted octanol–water partition coefficient (Wildman–Crippen LogP) is 4.24. The second-order valence-corrected chi connectivity index (χ2v) is 12.2. The molecule has 3 aliphatic heterocycles. The second-order valence-electron chi connectivity index (χ2n) is 11.3. The molecule has 0 radical (unpaired) electrons. The number of thioether (sulfide) groups is 1. The fourth-order valence-corrected chi connectivity index (χ4v) is 7.31. The van der Waals surface area contributed by atoms with Crippen molar-refractivity contribution in [2.45, 2.75) is 88.1 Å². The fourth-order valence-electron chi connectivity index (χ4n) is 6.85. The van der Waals surface area contributed by atoms with Gasteiger partial charge in [-0.3, -0.25) is 14.4 Å². The van der Waals surface area contributed by atoms with Gasteiger partial charge in [0.2, 0.25) is 17.7 Å². The highest BCUT2D eigenvalue weighted by molar-refractivity contribution is 7.98. The molecule has 4 aliphatic rings. The van der Waals surface area contributed by atoms with Crippen molar-refractivity contribution in [3.8, 4) is 0 Å². The average molecular weight is 526 g/mol. The zero-order valence-corrected chi connectivity index (χ0v) is 23.2. The van der Waals surface area contributed by atoms with Gasteiger partial charge in [-0.15, -0.1) is 11.8 Å². The number of benzene rings is 1. The number of carbonyl (C=O) groups excluding carboxylic acids is 3. The largest absolute Gasteiger partial charge is 0.359 e. The van der Waals surface area contributed by atoms with Crippen LogP contribution in [-0.4, -0.2) is 58.7 Å². The lowest BCUT2D eigenvalue weighted by molar-refractivity contribution is -0.144. The van der Waals surface area contributed by atoms with E-state index >= 15 is 0 Å². The van der Waals surface area contributed by atoms with Gasteiger partial charge >= 0.3 is 0 Å². The Kier molecular flexibility index (Phi) is 7.18. The maximum absolute atomic E-state index is 14.0. The molecule has 200 valence electrons. The molecule has 3 amide bonds. The SMILES string of the molecule is CC[C@H](C)N1C(=O)[C@H]2[C@H](C(=O)Nc3cccc(SC)c3)[C@H]3C=C[C@@]2(O3)[C@@H]1C(=O)N[C@@H]1CCC[C@@H](C)[C@H]1C. The van der Waals surface area contributed by atoms with Crippen molar-refractivity contribution in [3.63, 3.8) is 0 Å². The number of rotatable bonds is 7. The van der Waals surface area contributed by atoms with Crippen molar-refractivity contribution >= 4 is 35.2 Å². The Balaban J connectivity index is 1.44. The van der Waals surface area contributed by atoms with Gasteiger partial charge < -0.3 is 20.3 Å². The van der Waals surface area contributed by atoms with Crippen molar-refractivity contribution in [1.82, 2.24) is 10.2 Å². The molecule has 2 saturated heterocycles. The molecule has 0 aromatic heterocycles. The van der Waals surface area contributed by atoms with Crippen molar-refractivity contribution in [2.24, 2.45) is 23.7 Å². The maximum Gasteiger partial charge on any atom is 0.246 e. The Morgan fingerprint density at radius 2 is 2.03 bits per heavy atom. The number of fused-ring (bicyclic) bond motifs is 1. The Morgan fingerprint density at radius 3 is 2.76 bits per heavy atom. The number of carbonyl (C=O) groups is 3. The van der Waals surface area contributed by atoms with E-state index in [1.54, 1.807) is 16.7 Å². The van der Waals surface area contributed by atoms with Crippen LogP contribution in [0.1, 0.15) is 53.4 Å². The van der Waals surface area contributed by atoms with Gasteiger partial charge in [0.15, 0.2) is 0 Å². The Morgan fingerprint density at radius 1 is 1.24 bits per heavy atom. The van der Waals surface area contributed by atoms with E-state index in [2.05, 4.69) is 24.5 Å². The maximum atomic E-state index is 14.0. The highest BCUT2D eigenvalue weighted by Crippen LogP contribution is 2.56. The first-order valence-electron chi connectivity index (χ1n) is 13.7. The molecule has 7 nitrogen and oxygen atoms in total. The molecular weight excluding hydrogens is 486 g/mol. The lowest BCUT2D eigenvalue weighted by Gasteiger charge is -2.39. The van der Waals surface area contributed by atoms with Gasteiger partial charge in [0.25, 0.3) is 0 Å². The summed E-state index contributed by atoms with van der Waals surface area (Å²) in [5.41, 5.74) is -0.432. The third kappa shape index (κ3) is 4.30. The van der Waals surface area contributed by atoms with Crippen LogP contribution in [0, 0.1) is 23.7 Å². The molecule has 0 unspecified atom stereocenters. The number of hydrogen-bond acceptors (Lipinski definition) is 5. The number of hydrogen-bond donors (Lipinski definition) is 2. The standard InChI is InChI=1S/C29H39N3O4S/c1-6-17(3)32-25(27(34)31-21-12-7-9-16(2)18(21)4)29-14-13-22(36-29)23(24(29)28(32)35)26(33)30-19-10-8-11-20(15-19)37-5/h8,10-11,13-18,21-25H,6-7,9,12H2,1-5H3,(H,30,33)(H,31,34)/t16-,17+,18-,21-,22-,23-,24-,25+,29+/m1/s1. The predicted molar refractivity (Wildman–Crippen MR) is 145 cm³/mol. The van der Waals surface area contributed by atoms with Crippen LogP contribution in [0.4, 0.5) is 5.69 Å². The lowest BCUT2D eigenvalue weighted by atomic mass is 9.73. The summed E-state index contributed by atoms with van der Waals surface area (Å²) < 4.78 is 6.47. The average Bonchev–Trinajstić information content (AvgIpc) is 3.53. The minimum atomic E-state index is -1.12. The topological polar surface area (TPSA) is 87.7 Å². The summed E-state index contributed by atoms with van der Waals surface area (Å²) in [6.45, 7) is 8.43. The van der Waals surface area contributed by atoms with E-state index in [1.807, 2.05) is 56.5 Å². The van der Waals surface area contributed by atoms with E-state index < -0.39 is 29.6 Å². The molecule has 9 atom stereocenters. The number of amides is 3. The van der Waals surface area contributed by atoms with Gasteiger partial charge in [-0.05, 0) is 56.1 Å². The molecule has 3 heterocycles. The van der Waals surface area contributed by atoms with E-state index in [0.29, 0.717) is 23.9 Å². The first-order chi connectivity index (χ1) is 17.7. The highest BCUT2D eigenvalue weighted by atomic mass is 32.2. The number of nitrogens with zero attached hydrogens (tertiary/aromatic N) is 1. The highest BCUT2D eigenvalue weighted by Gasteiger charge is 2.73. The first-order valence-corrected chi connectivity index (χ1v) is 14.9. The molecule has 1 aromatic rings. The zero-order valence-electron chi connectivity index (χ0n) is 22.4. The summed E-state index contributed by atoms with van der Waals surface area (Å²) in [5.74, 6) is -1.07. The van der Waals surface area contributed by atoms with Gasteiger partial charge in [0, 0.05) is 22.7 Å². The second kappa shape index (κ2) is 10.1. The van der Waals surface area contributed by atoms with Crippen LogP contribution in [-0.2, 0) is 19.1 Å². The van der Waals surface area contributed by atoms with Crippen LogP contribution in [0.5, 0.6) is 0 Å².